The van der Waals surface area contributed by atoms with Crippen molar-refractivity contribution in [3.63, 3.8) is 0 Å². The van der Waals surface area contributed by atoms with E-state index in [4.69, 9.17) is 0 Å². The molecule has 1 saturated heterocycles. The fourth-order valence-electron chi connectivity index (χ4n) is 3.80. The number of anilines is 2. The predicted molar refractivity (Wildman–Crippen MR) is 135 cm³/mol. The van der Waals surface area contributed by atoms with Gasteiger partial charge in [-0.15, -0.1) is 0 Å². The number of amides is 3. The lowest BCUT2D eigenvalue weighted by molar-refractivity contribution is -0.119. The van der Waals surface area contributed by atoms with Gasteiger partial charge >= 0.3 is 0 Å². The van der Waals surface area contributed by atoms with E-state index in [0.717, 1.165) is 61.2 Å². The van der Waals surface area contributed by atoms with Gasteiger partial charge in [0, 0.05) is 29.9 Å². The zero-order valence-electron chi connectivity index (χ0n) is 18.7. The summed E-state index contributed by atoms with van der Waals surface area (Å²) in [6.07, 6.45) is 4.79. The van der Waals surface area contributed by atoms with Crippen molar-refractivity contribution in [3.05, 3.63) is 48.5 Å². The molecule has 176 valence electrons. The molecule has 0 bridgehead atoms. The molecule has 1 heterocycles. The van der Waals surface area contributed by atoms with Crippen molar-refractivity contribution in [2.75, 3.05) is 29.5 Å². The van der Waals surface area contributed by atoms with Crippen LogP contribution in [0.4, 0.5) is 11.4 Å². The largest absolute Gasteiger partial charge is 0.355 e. The highest BCUT2D eigenvalue weighted by atomic mass is 32.1. The lowest BCUT2D eigenvalue weighted by atomic mass is 10.0. The normalized spacial score (nSPS) is 15.1. The molecule has 1 aliphatic rings. The SMILES string of the molecule is O=C(CS)NCCCCCC(=O)Nc1ccc(-c2ccccc2NC(=O)C2CCCN2)cc1. The summed E-state index contributed by atoms with van der Waals surface area (Å²) in [6, 6.07) is 15.2. The van der Waals surface area contributed by atoms with Gasteiger partial charge in [0.2, 0.25) is 17.7 Å². The molecule has 1 fully saturated rings. The smallest absolute Gasteiger partial charge is 0.241 e. The van der Waals surface area contributed by atoms with E-state index in [-0.39, 0.29) is 29.5 Å². The maximum Gasteiger partial charge on any atom is 0.241 e. The molecule has 0 aromatic heterocycles. The second-order valence-electron chi connectivity index (χ2n) is 8.13. The van der Waals surface area contributed by atoms with E-state index < -0.39 is 0 Å². The minimum atomic E-state index is -0.137. The minimum absolute atomic E-state index is 0.00655. The van der Waals surface area contributed by atoms with Gasteiger partial charge in [-0.2, -0.15) is 12.6 Å². The van der Waals surface area contributed by atoms with E-state index in [1.165, 1.54) is 0 Å². The summed E-state index contributed by atoms with van der Waals surface area (Å²) in [5.41, 5.74) is 3.42. The number of unbranched alkanes of at least 4 members (excludes halogenated alkanes) is 2. The van der Waals surface area contributed by atoms with E-state index in [1.807, 2.05) is 48.5 Å². The third kappa shape index (κ3) is 7.91. The molecule has 3 amide bonds. The Morgan fingerprint density at radius 3 is 2.45 bits per heavy atom. The van der Waals surface area contributed by atoms with Gasteiger partial charge in [-0.25, -0.2) is 0 Å². The first-order chi connectivity index (χ1) is 16.1. The van der Waals surface area contributed by atoms with Crippen LogP contribution in [0.3, 0.4) is 0 Å². The number of benzene rings is 2. The maximum atomic E-state index is 12.5. The second-order valence-corrected chi connectivity index (χ2v) is 8.44. The van der Waals surface area contributed by atoms with Crippen molar-refractivity contribution < 1.29 is 14.4 Å². The van der Waals surface area contributed by atoms with Gasteiger partial charge in [0.15, 0.2) is 0 Å². The quantitative estimate of drug-likeness (QED) is 0.257. The lowest BCUT2D eigenvalue weighted by Crippen LogP contribution is -2.35. The molecule has 2 aromatic carbocycles. The third-order valence-corrected chi connectivity index (χ3v) is 5.88. The van der Waals surface area contributed by atoms with Crippen LogP contribution in [-0.2, 0) is 14.4 Å². The Bertz CT molecular complexity index is 943. The van der Waals surface area contributed by atoms with Gasteiger partial charge in [-0.3, -0.25) is 14.4 Å². The Kier molecular flexibility index (Phi) is 9.77. The number of para-hydroxylation sites is 1. The fourth-order valence-corrected chi connectivity index (χ4v) is 3.91. The molecule has 4 N–H and O–H groups in total. The van der Waals surface area contributed by atoms with E-state index in [0.29, 0.717) is 13.0 Å². The van der Waals surface area contributed by atoms with Crippen LogP contribution in [0.25, 0.3) is 11.1 Å². The van der Waals surface area contributed by atoms with Gasteiger partial charge in [0.05, 0.1) is 11.8 Å². The van der Waals surface area contributed by atoms with Crippen molar-refractivity contribution >= 4 is 41.7 Å². The first-order valence-electron chi connectivity index (χ1n) is 11.5. The minimum Gasteiger partial charge on any atom is -0.355 e. The molecule has 1 unspecified atom stereocenters. The first kappa shape index (κ1) is 24.8. The van der Waals surface area contributed by atoms with Crippen LogP contribution in [-0.4, -0.2) is 42.6 Å². The Morgan fingerprint density at radius 1 is 0.939 bits per heavy atom. The Balaban J connectivity index is 1.48. The van der Waals surface area contributed by atoms with Crippen molar-refractivity contribution in [1.82, 2.24) is 10.6 Å². The highest BCUT2D eigenvalue weighted by molar-refractivity contribution is 7.81. The molecule has 0 spiro atoms. The van der Waals surface area contributed by atoms with E-state index in [9.17, 15) is 14.4 Å². The first-order valence-corrected chi connectivity index (χ1v) is 12.1. The van der Waals surface area contributed by atoms with Crippen LogP contribution in [0.5, 0.6) is 0 Å². The summed E-state index contributed by atoms with van der Waals surface area (Å²) in [6.45, 7) is 1.49. The Labute approximate surface area is 200 Å². The highest BCUT2D eigenvalue weighted by Gasteiger charge is 2.22. The summed E-state index contributed by atoms with van der Waals surface area (Å²) < 4.78 is 0. The average molecular weight is 469 g/mol. The van der Waals surface area contributed by atoms with E-state index >= 15 is 0 Å². The Morgan fingerprint density at radius 2 is 1.73 bits per heavy atom. The summed E-state index contributed by atoms with van der Waals surface area (Å²) in [5.74, 6) is 0.0847. The van der Waals surface area contributed by atoms with Crippen LogP contribution < -0.4 is 21.3 Å². The molecule has 2 aromatic rings. The van der Waals surface area contributed by atoms with Gasteiger partial charge in [-0.05, 0) is 56.0 Å². The number of carbonyl (C=O) groups is 3. The molecule has 0 saturated carbocycles. The number of carbonyl (C=O) groups excluding carboxylic acids is 3. The molecule has 7 nitrogen and oxygen atoms in total. The van der Waals surface area contributed by atoms with Gasteiger partial charge in [0.1, 0.15) is 0 Å². The molecular formula is C25H32N4O3S. The summed E-state index contributed by atoms with van der Waals surface area (Å²) in [5, 5.41) is 12.0. The van der Waals surface area contributed by atoms with Gasteiger partial charge in [-0.1, -0.05) is 36.8 Å². The zero-order valence-corrected chi connectivity index (χ0v) is 19.6. The lowest BCUT2D eigenvalue weighted by Gasteiger charge is -2.15. The van der Waals surface area contributed by atoms with Crippen molar-refractivity contribution in [2.24, 2.45) is 0 Å². The third-order valence-electron chi connectivity index (χ3n) is 5.59. The number of hydrogen-bond acceptors (Lipinski definition) is 5. The average Bonchev–Trinajstić information content (AvgIpc) is 3.37. The van der Waals surface area contributed by atoms with Crippen LogP contribution in [0, 0.1) is 0 Å². The monoisotopic (exact) mass is 468 g/mol. The predicted octanol–water partition coefficient (Wildman–Crippen LogP) is 3.59. The molecule has 1 aliphatic heterocycles. The molecule has 3 rings (SSSR count). The summed E-state index contributed by atoms with van der Waals surface area (Å²) in [4.78, 5) is 35.8. The number of thiol groups is 1. The fraction of sp³-hybridized carbons (Fsp3) is 0.400. The molecule has 0 radical (unpaired) electrons. The molecule has 33 heavy (non-hydrogen) atoms. The highest BCUT2D eigenvalue weighted by Crippen LogP contribution is 2.29. The van der Waals surface area contributed by atoms with E-state index in [2.05, 4.69) is 33.9 Å². The van der Waals surface area contributed by atoms with Crippen LogP contribution in [0.1, 0.15) is 38.5 Å². The van der Waals surface area contributed by atoms with E-state index in [1.54, 1.807) is 0 Å². The maximum absolute atomic E-state index is 12.5. The Hall–Kier alpha value is -2.84. The van der Waals surface area contributed by atoms with Crippen LogP contribution in [0.15, 0.2) is 48.5 Å². The second kappa shape index (κ2) is 13.0. The number of hydrogen-bond donors (Lipinski definition) is 5. The van der Waals surface area contributed by atoms with Gasteiger partial charge in [0.25, 0.3) is 0 Å². The van der Waals surface area contributed by atoms with Gasteiger partial charge < -0.3 is 21.3 Å². The topological polar surface area (TPSA) is 99.3 Å². The molecule has 0 aliphatic carbocycles. The van der Waals surface area contributed by atoms with Crippen LogP contribution >= 0.6 is 12.6 Å². The standard InChI is InChI=1S/C25H32N4O3S/c30-23(10-2-1-5-15-27-24(31)17-33)28-19-13-11-18(12-14-19)20-7-3-4-8-21(20)29-25(32)22-9-6-16-26-22/h3-4,7-8,11-14,22,26,33H,1-2,5-6,9-10,15-17H2,(H,27,31)(H,28,30)(H,29,32). The summed E-state index contributed by atoms with van der Waals surface area (Å²) in [7, 11) is 0. The number of nitrogens with one attached hydrogen (secondary N) is 4. The van der Waals surface area contributed by atoms with Crippen LogP contribution in [0.2, 0.25) is 0 Å². The van der Waals surface area contributed by atoms with Crippen molar-refractivity contribution in [1.29, 1.82) is 0 Å². The summed E-state index contributed by atoms with van der Waals surface area (Å²) >= 11 is 3.91. The van der Waals surface area contributed by atoms with Crippen molar-refractivity contribution in [2.45, 2.75) is 44.6 Å². The zero-order chi connectivity index (χ0) is 23.5. The molecule has 1 atom stereocenters. The number of rotatable bonds is 11. The molecular weight excluding hydrogens is 436 g/mol. The molecule has 8 heteroatoms. The van der Waals surface area contributed by atoms with Crippen molar-refractivity contribution in [3.8, 4) is 11.1 Å².